The molecule has 0 saturated heterocycles. The minimum absolute atomic E-state index is 0.0832. The highest BCUT2D eigenvalue weighted by Crippen LogP contribution is 2.47. The number of hydrogen-bond donors (Lipinski definition) is 0. The van der Waals surface area contributed by atoms with Crippen molar-refractivity contribution in [1.82, 2.24) is 0 Å². The number of methoxy groups -OCH3 is 2. The molecule has 5 heteroatoms. The fourth-order valence-electron chi connectivity index (χ4n) is 2.46. The predicted octanol–water partition coefficient (Wildman–Crippen LogP) is 4.19. The maximum Gasteiger partial charge on any atom is 0.413 e. The summed E-state index contributed by atoms with van der Waals surface area (Å²) in [5, 5.41) is 0. The first-order chi connectivity index (χ1) is 10.9. The first kappa shape index (κ1) is 16.8. The summed E-state index contributed by atoms with van der Waals surface area (Å²) in [5.74, 6) is 2.56. The van der Waals surface area contributed by atoms with Gasteiger partial charge < -0.3 is 9.47 Å². The van der Waals surface area contributed by atoms with Crippen LogP contribution in [0.2, 0.25) is 0 Å². The van der Waals surface area contributed by atoms with Crippen LogP contribution in [0.4, 0.5) is 13.2 Å². The highest BCUT2D eigenvalue weighted by Gasteiger charge is 2.56. The van der Waals surface area contributed by atoms with E-state index in [2.05, 4.69) is 0 Å². The summed E-state index contributed by atoms with van der Waals surface area (Å²) in [7, 11) is 2.77. The first-order valence-corrected chi connectivity index (χ1v) is 6.72. The normalized spacial score (nSPS) is 11.7. The van der Waals surface area contributed by atoms with E-state index >= 15 is 0 Å². The van der Waals surface area contributed by atoms with Crippen molar-refractivity contribution in [3.8, 4) is 23.8 Å². The molecule has 2 nitrogen and oxygen atoms in total. The molecule has 2 aromatic rings. The van der Waals surface area contributed by atoms with E-state index < -0.39 is 11.6 Å². The van der Waals surface area contributed by atoms with Crippen LogP contribution < -0.4 is 9.47 Å². The van der Waals surface area contributed by atoms with Gasteiger partial charge in [0.05, 0.1) is 14.2 Å². The lowest BCUT2D eigenvalue weighted by Gasteiger charge is -2.32. The molecule has 120 valence electrons. The maximum absolute atomic E-state index is 14.0. The predicted molar refractivity (Wildman–Crippen MR) is 81.7 cm³/mol. The Kier molecular flexibility index (Phi) is 4.55. The zero-order valence-electron chi connectivity index (χ0n) is 12.6. The molecule has 0 amide bonds. The second-order valence-electron chi connectivity index (χ2n) is 4.86. The van der Waals surface area contributed by atoms with Gasteiger partial charge in [0.1, 0.15) is 11.5 Å². The van der Waals surface area contributed by atoms with Gasteiger partial charge in [0, 0.05) is 0 Å². The smallest absolute Gasteiger partial charge is 0.413 e. The molecule has 0 radical (unpaired) electrons. The van der Waals surface area contributed by atoms with Gasteiger partial charge in [0.25, 0.3) is 0 Å². The van der Waals surface area contributed by atoms with Gasteiger partial charge in [-0.2, -0.15) is 13.2 Å². The van der Waals surface area contributed by atoms with Crippen LogP contribution in [0.25, 0.3) is 0 Å². The van der Waals surface area contributed by atoms with Gasteiger partial charge in [-0.3, -0.25) is 0 Å². The third-order valence-electron chi connectivity index (χ3n) is 3.65. The number of terminal acetylenes is 1. The lowest BCUT2D eigenvalue weighted by molar-refractivity contribution is -0.161. The molecule has 0 saturated carbocycles. The molecule has 23 heavy (non-hydrogen) atoms. The van der Waals surface area contributed by atoms with Gasteiger partial charge in [-0.15, -0.1) is 6.42 Å². The highest BCUT2D eigenvalue weighted by molar-refractivity contribution is 5.52. The van der Waals surface area contributed by atoms with Crippen LogP contribution in [0.1, 0.15) is 11.1 Å². The minimum Gasteiger partial charge on any atom is -0.497 e. The third kappa shape index (κ3) is 2.85. The summed E-state index contributed by atoms with van der Waals surface area (Å²) in [5.41, 5.74) is -2.75. The van der Waals surface area contributed by atoms with Crippen molar-refractivity contribution in [2.75, 3.05) is 14.2 Å². The molecule has 0 atom stereocenters. The van der Waals surface area contributed by atoms with E-state index in [0.29, 0.717) is 11.5 Å². The van der Waals surface area contributed by atoms with Crippen molar-refractivity contribution in [3.63, 3.8) is 0 Å². The van der Waals surface area contributed by atoms with Crippen LogP contribution in [0.5, 0.6) is 11.5 Å². The summed E-state index contributed by atoms with van der Waals surface area (Å²) < 4.78 is 52.0. The van der Waals surface area contributed by atoms with Gasteiger partial charge in [0.2, 0.25) is 0 Å². The first-order valence-electron chi connectivity index (χ1n) is 6.72. The standard InChI is InChI=1S/C18H15F3O2/c1-4-17(18(19,20)21,13-7-5-9-15(11-13)22-2)14-8-6-10-16(12-14)23-3/h1,5-12H,2-3H3. The fourth-order valence-corrected chi connectivity index (χ4v) is 2.46. The monoisotopic (exact) mass is 320 g/mol. The SMILES string of the molecule is C#CC(c1cccc(OC)c1)(c1cccc(OC)c1)C(F)(F)F. The molecule has 0 aliphatic rings. The Morgan fingerprint density at radius 3 is 1.61 bits per heavy atom. The largest absolute Gasteiger partial charge is 0.497 e. The summed E-state index contributed by atoms with van der Waals surface area (Å²) in [4.78, 5) is 0. The van der Waals surface area contributed by atoms with E-state index in [1.807, 2.05) is 5.92 Å². The Morgan fingerprint density at radius 1 is 0.870 bits per heavy atom. The van der Waals surface area contributed by atoms with E-state index in [1.165, 1.54) is 50.6 Å². The molecule has 0 heterocycles. The van der Waals surface area contributed by atoms with Crippen LogP contribution >= 0.6 is 0 Å². The third-order valence-corrected chi connectivity index (χ3v) is 3.65. The highest BCUT2D eigenvalue weighted by atomic mass is 19.4. The van der Waals surface area contributed by atoms with Gasteiger partial charge in [-0.05, 0) is 35.4 Å². The van der Waals surface area contributed by atoms with E-state index in [1.54, 1.807) is 12.1 Å². The van der Waals surface area contributed by atoms with Crippen molar-refractivity contribution in [3.05, 3.63) is 59.7 Å². The molecule has 2 aromatic carbocycles. The zero-order chi connectivity index (χ0) is 17.1. The van der Waals surface area contributed by atoms with Gasteiger partial charge in [0.15, 0.2) is 5.41 Å². The number of benzene rings is 2. The number of ether oxygens (including phenoxy) is 2. The zero-order valence-corrected chi connectivity index (χ0v) is 12.6. The number of rotatable bonds is 4. The Balaban J connectivity index is 2.77. The average molecular weight is 320 g/mol. The summed E-state index contributed by atoms with van der Waals surface area (Å²) in [6, 6.07) is 11.4. The topological polar surface area (TPSA) is 18.5 Å². The van der Waals surface area contributed by atoms with Crippen molar-refractivity contribution in [2.45, 2.75) is 11.6 Å². The fraction of sp³-hybridized carbons (Fsp3) is 0.222. The van der Waals surface area contributed by atoms with Crippen LogP contribution in [-0.4, -0.2) is 20.4 Å². The van der Waals surface area contributed by atoms with E-state index in [4.69, 9.17) is 15.9 Å². The molecule has 0 aliphatic heterocycles. The second kappa shape index (κ2) is 6.25. The van der Waals surface area contributed by atoms with E-state index in [-0.39, 0.29) is 11.1 Å². The van der Waals surface area contributed by atoms with Crippen molar-refractivity contribution in [1.29, 1.82) is 0 Å². The van der Waals surface area contributed by atoms with Crippen molar-refractivity contribution in [2.24, 2.45) is 0 Å². The van der Waals surface area contributed by atoms with Crippen LogP contribution in [0.15, 0.2) is 48.5 Å². The number of alkyl halides is 3. The minimum atomic E-state index is -4.69. The summed E-state index contributed by atoms with van der Waals surface area (Å²) >= 11 is 0. The van der Waals surface area contributed by atoms with E-state index in [9.17, 15) is 13.2 Å². The molecular formula is C18H15F3O2. The molecular weight excluding hydrogens is 305 g/mol. The van der Waals surface area contributed by atoms with E-state index in [0.717, 1.165) is 0 Å². The molecule has 0 fully saturated rings. The van der Waals surface area contributed by atoms with Crippen LogP contribution in [0, 0.1) is 12.3 Å². The van der Waals surface area contributed by atoms with Gasteiger partial charge in [-0.25, -0.2) is 0 Å². The Hall–Kier alpha value is -2.61. The average Bonchev–Trinajstić information content (AvgIpc) is 2.55. The Labute approximate surface area is 132 Å². The number of hydrogen-bond acceptors (Lipinski definition) is 2. The second-order valence-corrected chi connectivity index (χ2v) is 4.86. The molecule has 2 rings (SSSR count). The lowest BCUT2D eigenvalue weighted by atomic mass is 9.74. The molecule has 0 aromatic heterocycles. The Bertz CT molecular complexity index is 682. The molecule has 0 aliphatic carbocycles. The van der Waals surface area contributed by atoms with Crippen molar-refractivity contribution < 1.29 is 22.6 Å². The van der Waals surface area contributed by atoms with Gasteiger partial charge in [-0.1, -0.05) is 30.2 Å². The Morgan fingerprint density at radius 2 is 1.30 bits per heavy atom. The summed E-state index contributed by atoms with van der Waals surface area (Å²) in [6.07, 6.45) is 0.695. The van der Waals surface area contributed by atoms with Crippen molar-refractivity contribution >= 4 is 0 Å². The molecule has 0 bridgehead atoms. The molecule has 0 unspecified atom stereocenters. The van der Waals surface area contributed by atoms with Gasteiger partial charge >= 0.3 is 6.18 Å². The van der Waals surface area contributed by atoms with Crippen LogP contribution in [0.3, 0.4) is 0 Å². The molecule has 0 spiro atoms. The summed E-state index contributed by atoms with van der Waals surface area (Å²) in [6.45, 7) is 0. The lowest BCUT2D eigenvalue weighted by Crippen LogP contribution is -2.42. The number of halogens is 3. The maximum atomic E-state index is 14.0. The molecule has 0 N–H and O–H groups in total. The van der Waals surface area contributed by atoms with Crippen LogP contribution in [-0.2, 0) is 5.41 Å². The quantitative estimate of drug-likeness (QED) is 0.787.